The smallest absolute Gasteiger partial charge is 0.230 e. The van der Waals surface area contributed by atoms with Gasteiger partial charge in [-0.25, -0.2) is 5.43 Å². The summed E-state index contributed by atoms with van der Waals surface area (Å²) in [4.78, 5) is 4.41. The molecule has 17 heavy (non-hydrogen) atoms. The number of thiocarbonyl (C=S) groups is 1. The van der Waals surface area contributed by atoms with E-state index in [9.17, 15) is 0 Å². The van der Waals surface area contributed by atoms with Gasteiger partial charge >= 0.3 is 0 Å². The Balaban J connectivity index is 2.45. The van der Waals surface area contributed by atoms with E-state index in [0.29, 0.717) is 16.2 Å². The molecular weight excluding hydrogens is 256 g/mol. The van der Waals surface area contributed by atoms with E-state index in [-0.39, 0.29) is 5.66 Å². The Labute approximate surface area is 110 Å². The molecule has 1 atom stereocenters. The van der Waals surface area contributed by atoms with Crippen LogP contribution in [0.1, 0.15) is 20.3 Å². The molecule has 0 saturated carbocycles. The van der Waals surface area contributed by atoms with E-state index in [0.717, 1.165) is 6.42 Å². The molecule has 2 heterocycles. The van der Waals surface area contributed by atoms with Crippen LogP contribution in [0.15, 0.2) is 5.16 Å². The molecule has 94 valence electrons. The van der Waals surface area contributed by atoms with E-state index in [4.69, 9.17) is 12.2 Å². The van der Waals surface area contributed by atoms with Gasteiger partial charge in [0.05, 0.1) is 0 Å². The van der Waals surface area contributed by atoms with E-state index in [2.05, 4.69) is 34.7 Å². The van der Waals surface area contributed by atoms with Crippen molar-refractivity contribution in [3.63, 3.8) is 0 Å². The van der Waals surface area contributed by atoms with Gasteiger partial charge in [0.15, 0.2) is 0 Å². The molecule has 0 spiro atoms. The zero-order valence-corrected chi connectivity index (χ0v) is 11.9. The maximum absolute atomic E-state index is 5.36. The number of hydrogen-bond acceptors (Lipinski definition) is 6. The summed E-state index contributed by atoms with van der Waals surface area (Å²) < 4.78 is 1.65. The van der Waals surface area contributed by atoms with Crippen molar-refractivity contribution in [2.45, 2.75) is 31.1 Å². The van der Waals surface area contributed by atoms with E-state index < -0.39 is 0 Å². The van der Waals surface area contributed by atoms with E-state index >= 15 is 0 Å². The molecule has 0 saturated heterocycles. The fourth-order valence-corrected chi connectivity index (χ4v) is 2.11. The van der Waals surface area contributed by atoms with Crippen molar-refractivity contribution >= 4 is 35.0 Å². The summed E-state index contributed by atoms with van der Waals surface area (Å²) in [6.07, 6.45) is 2.83. The summed E-state index contributed by atoms with van der Waals surface area (Å²) in [5, 5.41) is 10.8. The number of fused-ring (bicyclic) bond motifs is 1. The van der Waals surface area contributed by atoms with Crippen LogP contribution in [0.3, 0.4) is 0 Å². The first-order valence-corrected chi connectivity index (χ1v) is 6.97. The molecular formula is C9H16N6S2. The number of anilines is 1. The SMILES string of the molecule is CCC1(C)Nc2nc(SC)nn2C(=S)N(C)N1. The Morgan fingerprint density at radius 3 is 2.82 bits per heavy atom. The largest absolute Gasteiger partial charge is 0.335 e. The molecule has 0 radical (unpaired) electrons. The maximum Gasteiger partial charge on any atom is 0.230 e. The third kappa shape index (κ3) is 2.24. The number of nitrogens with zero attached hydrogens (tertiary/aromatic N) is 4. The lowest BCUT2D eigenvalue weighted by atomic mass is 10.1. The quantitative estimate of drug-likeness (QED) is 0.618. The van der Waals surface area contributed by atoms with E-state index in [1.54, 1.807) is 9.69 Å². The molecule has 0 bridgehead atoms. The van der Waals surface area contributed by atoms with Crippen LogP contribution in [0.4, 0.5) is 5.95 Å². The maximum atomic E-state index is 5.36. The third-order valence-corrected chi connectivity index (χ3v) is 3.73. The average Bonchev–Trinajstić information content (AvgIpc) is 2.67. The number of aromatic nitrogens is 3. The van der Waals surface area contributed by atoms with Crippen LogP contribution in [0.5, 0.6) is 0 Å². The Morgan fingerprint density at radius 1 is 1.53 bits per heavy atom. The van der Waals surface area contributed by atoms with Crippen LogP contribution in [-0.4, -0.2) is 43.9 Å². The molecule has 1 unspecified atom stereocenters. The molecule has 1 aliphatic rings. The molecule has 1 aromatic heterocycles. The molecule has 0 aliphatic carbocycles. The lowest BCUT2D eigenvalue weighted by molar-refractivity contribution is 0.239. The summed E-state index contributed by atoms with van der Waals surface area (Å²) in [7, 11) is 1.88. The van der Waals surface area contributed by atoms with Crippen molar-refractivity contribution in [2.24, 2.45) is 0 Å². The zero-order valence-electron chi connectivity index (χ0n) is 10.3. The van der Waals surface area contributed by atoms with Crippen LogP contribution in [0, 0.1) is 0 Å². The fraction of sp³-hybridized carbons (Fsp3) is 0.667. The van der Waals surface area contributed by atoms with Gasteiger partial charge in [-0.15, -0.1) is 5.10 Å². The van der Waals surface area contributed by atoms with Gasteiger partial charge in [0.2, 0.25) is 16.2 Å². The Kier molecular flexibility index (Phi) is 3.28. The van der Waals surface area contributed by atoms with Gasteiger partial charge in [0.1, 0.15) is 5.66 Å². The van der Waals surface area contributed by atoms with Crippen LogP contribution >= 0.6 is 24.0 Å². The number of hydrazine groups is 1. The molecule has 1 aromatic rings. The summed E-state index contributed by atoms with van der Waals surface area (Å²) in [5.41, 5.74) is 3.02. The van der Waals surface area contributed by atoms with E-state index in [1.807, 2.05) is 13.3 Å². The minimum absolute atomic E-state index is 0.282. The molecule has 0 fully saturated rings. The second-order valence-corrected chi connectivity index (χ2v) is 5.24. The van der Waals surface area contributed by atoms with Gasteiger partial charge in [0.25, 0.3) is 0 Å². The van der Waals surface area contributed by atoms with Gasteiger partial charge < -0.3 is 5.32 Å². The Morgan fingerprint density at radius 2 is 2.24 bits per heavy atom. The van der Waals surface area contributed by atoms with E-state index in [1.165, 1.54) is 11.8 Å². The lowest BCUT2D eigenvalue weighted by Gasteiger charge is -2.32. The van der Waals surface area contributed by atoms with Crippen LogP contribution in [0.25, 0.3) is 0 Å². The second-order valence-electron chi connectivity index (χ2n) is 4.10. The fourth-order valence-electron chi connectivity index (χ4n) is 1.60. The number of nitrogens with one attached hydrogen (secondary N) is 2. The predicted molar refractivity (Wildman–Crippen MR) is 73.0 cm³/mol. The molecule has 1 aliphatic heterocycles. The lowest BCUT2D eigenvalue weighted by Crippen LogP contribution is -2.55. The molecule has 0 amide bonds. The summed E-state index contributed by atoms with van der Waals surface area (Å²) in [6, 6.07) is 0. The number of thioether (sulfide) groups is 1. The first-order chi connectivity index (χ1) is 7.99. The predicted octanol–water partition coefficient (Wildman–Crippen LogP) is 1.12. The molecule has 2 rings (SSSR count). The minimum atomic E-state index is -0.282. The average molecular weight is 272 g/mol. The van der Waals surface area contributed by atoms with Crippen molar-refractivity contribution in [3.8, 4) is 0 Å². The first-order valence-electron chi connectivity index (χ1n) is 5.34. The highest BCUT2D eigenvalue weighted by Gasteiger charge is 2.31. The highest BCUT2D eigenvalue weighted by Crippen LogP contribution is 2.21. The molecule has 8 heteroatoms. The summed E-state index contributed by atoms with van der Waals surface area (Å²) in [6.45, 7) is 4.16. The minimum Gasteiger partial charge on any atom is -0.335 e. The normalized spacial score (nSPS) is 24.2. The van der Waals surface area contributed by atoms with Crippen molar-refractivity contribution in [2.75, 3.05) is 18.6 Å². The van der Waals surface area contributed by atoms with Crippen molar-refractivity contribution in [3.05, 3.63) is 0 Å². The molecule has 0 aromatic carbocycles. The van der Waals surface area contributed by atoms with Crippen LogP contribution in [-0.2, 0) is 0 Å². The van der Waals surface area contributed by atoms with Crippen LogP contribution < -0.4 is 10.7 Å². The van der Waals surface area contributed by atoms with Gasteiger partial charge in [-0.1, -0.05) is 18.7 Å². The molecule has 2 N–H and O–H groups in total. The monoisotopic (exact) mass is 272 g/mol. The Hall–Kier alpha value is -0.860. The topological polar surface area (TPSA) is 58.0 Å². The van der Waals surface area contributed by atoms with Crippen LogP contribution in [0.2, 0.25) is 0 Å². The van der Waals surface area contributed by atoms with Gasteiger partial charge in [-0.3, -0.25) is 5.01 Å². The number of rotatable bonds is 2. The highest BCUT2D eigenvalue weighted by molar-refractivity contribution is 7.98. The van der Waals surface area contributed by atoms with Gasteiger partial charge in [-0.2, -0.15) is 9.67 Å². The second kappa shape index (κ2) is 4.43. The highest BCUT2D eigenvalue weighted by atomic mass is 32.2. The van der Waals surface area contributed by atoms with Gasteiger partial charge in [0, 0.05) is 7.05 Å². The van der Waals surface area contributed by atoms with Crippen molar-refractivity contribution in [1.29, 1.82) is 0 Å². The van der Waals surface area contributed by atoms with Crippen molar-refractivity contribution < 1.29 is 0 Å². The summed E-state index contributed by atoms with van der Waals surface area (Å²) in [5.74, 6) is 0.681. The van der Waals surface area contributed by atoms with Gasteiger partial charge in [-0.05, 0) is 31.8 Å². The van der Waals surface area contributed by atoms with Crippen molar-refractivity contribution in [1.82, 2.24) is 25.2 Å². The third-order valence-electron chi connectivity index (χ3n) is 2.75. The standard InChI is InChI=1S/C9H16N6S2/c1-5-9(2)11-6-10-7(17-4)12-15(6)8(16)14(3)13-9/h13H,5H2,1-4H3,(H,10,11,12). The zero-order chi connectivity index (χ0) is 12.6. The Bertz CT molecular complexity index is 445. The number of hydrogen-bond donors (Lipinski definition) is 2. The first kappa shape index (κ1) is 12.6. The molecule has 6 nitrogen and oxygen atoms in total. The summed E-state index contributed by atoms with van der Waals surface area (Å²) >= 11 is 6.85.